The highest BCUT2D eigenvalue weighted by atomic mass is 16.3. The second kappa shape index (κ2) is 14.3. The lowest BCUT2D eigenvalue weighted by Gasteiger charge is -2.41. The van der Waals surface area contributed by atoms with Crippen molar-refractivity contribution in [2.45, 2.75) is 11.8 Å². The molecule has 0 N–H and O–H groups in total. The van der Waals surface area contributed by atoms with Crippen LogP contribution in [0.3, 0.4) is 0 Å². The van der Waals surface area contributed by atoms with Crippen LogP contribution in [0, 0.1) is 5.92 Å². The smallest absolute Gasteiger partial charge is 0.136 e. The van der Waals surface area contributed by atoms with E-state index in [0.717, 1.165) is 50.9 Å². The Morgan fingerprint density at radius 1 is 0.443 bits per heavy atom. The molecule has 1 aromatic heterocycles. The summed E-state index contributed by atoms with van der Waals surface area (Å²) in [5.74, 6) is 0.130. The molecule has 2 nitrogen and oxygen atoms in total. The average Bonchev–Trinajstić information content (AvgIpc) is 3.84. The van der Waals surface area contributed by atoms with Gasteiger partial charge in [0, 0.05) is 33.6 Å². The van der Waals surface area contributed by atoms with E-state index in [4.69, 9.17) is 4.42 Å². The van der Waals surface area contributed by atoms with Crippen LogP contribution < -0.4 is 4.90 Å². The summed E-state index contributed by atoms with van der Waals surface area (Å²) in [5.41, 5.74) is 16.2. The topological polar surface area (TPSA) is 16.4 Å². The highest BCUT2D eigenvalue weighted by Crippen LogP contribution is 2.61. The molecule has 10 aromatic rings. The molecule has 288 valence electrons. The maximum absolute atomic E-state index is 6.75. The summed E-state index contributed by atoms with van der Waals surface area (Å²) in [6, 6.07) is 79.8. The number of nitrogens with zero attached hydrogens (tertiary/aromatic N) is 1. The van der Waals surface area contributed by atoms with Gasteiger partial charge in [-0.2, -0.15) is 0 Å². The van der Waals surface area contributed by atoms with Gasteiger partial charge in [0.15, 0.2) is 0 Å². The van der Waals surface area contributed by atoms with Crippen LogP contribution in [0.15, 0.2) is 241 Å². The SMILES string of the molecule is C1=C2c3ccccc3C(c3ccccc3)(c3ccccc3)C2CC(N(c2ccc(-c3ccccc3)cc2)c2cc3c(cc2-c2ccccc2)oc2cc4ccccc4cc23)=C1. The van der Waals surface area contributed by atoms with Crippen molar-refractivity contribution in [3.05, 3.63) is 258 Å². The van der Waals surface area contributed by atoms with E-state index in [1.54, 1.807) is 0 Å². The lowest BCUT2D eigenvalue weighted by atomic mass is 9.62. The summed E-state index contributed by atoms with van der Waals surface area (Å²) < 4.78 is 6.75. The summed E-state index contributed by atoms with van der Waals surface area (Å²) in [6.07, 6.45) is 5.62. The van der Waals surface area contributed by atoms with Gasteiger partial charge < -0.3 is 9.32 Å². The number of rotatable bonds is 7. The summed E-state index contributed by atoms with van der Waals surface area (Å²) in [7, 11) is 0. The van der Waals surface area contributed by atoms with E-state index in [9.17, 15) is 0 Å². The molecular formula is C59H41NO. The summed E-state index contributed by atoms with van der Waals surface area (Å²) >= 11 is 0. The van der Waals surface area contributed by atoms with Crippen molar-refractivity contribution >= 4 is 49.7 Å². The van der Waals surface area contributed by atoms with E-state index in [-0.39, 0.29) is 5.92 Å². The predicted molar refractivity (Wildman–Crippen MR) is 254 cm³/mol. The first-order valence-corrected chi connectivity index (χ1v) is 21.3. The van der Waals surface area contributed by atoms with Gasteiger partial charge in [0.25, 0.3) is 0 Å². The van der Waals surface area contributed by atoms with Crippen LogP contribution in [0.5, 0.6) is 0 Å². The van der Waals surface area contributed by atoms with Gasteiger partial charge in [-0.1, -0.05) is 188 Å². The molecular weight excluding hydrogens is 739 g/mol. The maximum atomic E-state index is 6.75. The van der Waals surface area contributed by atoms with Crippen molar-refractivity contribution in [1.82, 2.24) is 0 Å². The lowest BCUT2D eigenvalue weighted by Crippen LogP contribution is -2.36. The van der Waals surface area contributed by atoms with E-state index < -0.39 is 5.41 Å². The first kappa shape index (κ1) is 35.3. The summed E-state index contributed by atoms with van der Waals surface area (Å²) in [4.78, 5) is 2.54. The van der Waals surface area contributed by atoms with Crippen LogP contribution in [0.4, 0.5) is 11.4 Å². The van der Waals surface area contributed by atoms with Crippen LogP contribution in [-0.2, 0) is 5.41 Å². The van der Waals surface area contributed by atoms with Crippen LogP contribution in [0.2, 0.25) is 0 Å². The monoisotopic (exact) mass is 779 g/mol. The number of furan rings is 1. The van der Waals surface area contributed by atoms with Crippen LogP contribution in [0.1, 0.15) is 28.7 Å². The van der Waals surface area contributed by atoms with Gasteiger partial charge >= 0.3 is 0 Å². The Kier molecular flexibility index (Phi) is 8.24. The minimum absolute atomic E-state index is 0.130. The highest BCUT2D eigenvalue weighted by Gasteiger charge is 2.52. The van der Waals surface area contributed by atoms with Gasteiger partial charge in [-0.05, 0) is 104 Å². The van der Waals surface area contributed by atoms with Crippen molar-refractivity contribution < 1.29 is 4.42 Å². The zero-order valence-corrected chi connectivity index (χ0v) is 33.6. The number of allylic oxidation sites excluding steroid dienone is 4. The quantitative estimate of drug-likeness (QED) is 0.160. The molecule has 61 heavy (non-hydrogen) atoms. The van der Waals surface area contributed by atoms with E-state index >= 15 is 0 Å². The average molecular weight is 780 g/mol. The van der Waals surface area contributed by atoms with Gasteiger partial charge in [0.2, 0.25) is 0 Å². The van der Waals surface area contributed by atoms with Crippen molar-refractivity contribution in [3.63, 3.8) is 0 Å². The van der Waals surface area contributed by atoms with Gasteiger partial charge in [-0.3, -0.25) is 0 Å². The van der Waals surface area contributed by atoms with Crippen LogP contribution in [-0.4, -0.2) is 0 Å². The Morgan fingerprint density at radius 3 is 1.67 bits per heavy atom. The fourth-order valence-corrected chi connectivity index (χ4v) is 10.5. The molecule has 0 spiro atoms. The van der Waals surface area contributed by atoms with E-state index in [1.807, 2.05) is 0 Å². The molecule has 0 aliphatic heterocycles. The van der Waals surface area contributed by atoms with Gasteiger partial charge in [0.05, 0.1) is 11.1 Å². The van der Waals surface area contributed by atoms with Crippen molar-refractivity contribution in [3.8, 4) is 22.3 Å². The van der Waals surface area contributed by atoms with E-state index in [2.05, 4.69) is 235 Å². The molecule has 0 saturated carbocycles. The van der Waals surface area contributed by atoms with Gasteiger partial charge in [0.1, 0.15) is 11.2 Å². The standard InChI is InChI=1S/C59H41NO/c1-5-17-40(18-6-1)41-29-31-47(32-30-41)60(56-38-53-52-35-43-21-13-14-22-44(43)36-57(52)61-58(53)39-51(56)42-19-7-2-8-20-42)48-33-34-50-49-27-15-16-28-54(49)59(55(50)37-48,45-23-9-3-10-24-45)46-25-11-4-12-26-46/h1-36,38-39,55H,37H2. The minimum Gasteiger partial charge on any atom is -0.456 e. The van der Waals surface area contributed by atoms with Crippen molar-refractivity contribution in [2.75, 3.05) is 4.90 Å². The zero-order valence-electron chi connectivity index (χ0n) is 33.6. The normalized spacial score (nSPS) is 15.3. The minimum atomic E-state index is -0.401. The third-order valence-corrected chi connectivity index (χ3v) is 13.2. The van der Waals surface area contributed by atoms with Gasteiger partial charge in [-0.25, -0.2) is 0 Å². The fraction of sp³-hybridized carbons (Fsp3) is 0.0508. The molecule has 9 aromatic carbocycles. The largest absolute Gasteiger partial charge is 0.456 e. The van der Waals surface area contributed by atoms with E-state index in [1.165, 1.54) is 55.4 Å². The molecule has 0 fully saturated rings. The molecule has 1 heterocycles. The predicted octanol–water partition coefficient (Wildman–Crippen LogP) is 15.5. The Morgan fingerprint density at radius 2 is 0.984 bits per heavy atom. The molecule has 0 amide bonds. The van der Waals surface area contributed by atoms with E-state index in [0.29, 0.717) is 0 Å². The van der Waals surface area contributed by atoms with Crippen LogP contribution >= 0.6 is 0 Å². The third-order valence-electron chi connectivity index (χ3n) is 13.2. The Labute approximate surface area is 356 Å². The summed E-state index contributed by atoms with van der Waals surface area (Å²) in [6.45, 7) is 0. The maximum Gasteiger partial charge on any atom is 0.136 e. The zero-order chi connectivity index (χ0) is 40.3. The number of benzene rings is 9. The van der Waals surface area contributed by atoms with Crippen LogP contribution in [0.25, 0.3) is 60.5 Å². The lowest BCUT2D eigenvalue weighted by molar-refractivity contribution is 0.473. The molecule has 1 unspecified atom stereocenters. The van der Waals surface area contributed by atoms with Crippen molar-refractivity contribution in [2.24, 2.45) is 5.92 Å². The number of hydrogen-bond donors (Lipinski definition) is 0. The molecule has 2 aliphatic carbocycles. The first-order chi connectivity index (χ1) is 30.2. The molecule has 0 bridgehead atoms. The second-order valence-electron chi connectivity index (χ2n) is 16.4. The Balaban J connectivity index is 1.12. The molecule has 0 saturated heterocycles. The Hall–Kier alpha value is -7.68. The van der Waals surface area contributed by atoms with Crippen molar-refractivity contribution in [1.29, 1.82) is 0 Å². The molecule has 2 aliphatic rings. The molecule has 1 atom stereocenters. The molecule has 2 heteroatoms. The fourth-order valence-electron chi connectivity index (χ4n) is 10.5. The number of fused-ring (bicyclic) bond motifs is 7. The third kappa shape index (κ3) is 5.64. The first-order valence-electron chi connectivity index (χ1n) is 21.3. The Bertz CT molecular complexity index is 3270. The molecule has 12 rings (SSSR count). The molecule has 0 radical (unpaired) electrons. The highest BCUT2D eigenvalue weighted by molar-refractivity contribution is 6.12. The summed E-state index contributed by atoms with van der Waals surface area (Å²) in [5, 5.41) is 4.59. The number of hydrogen-bond acceptors (Lipinski definition) is 2. The number of anilines is 2. The second-order valence-corrected chi connectivity index (χ2v) is 16.4. The van der Waals surface area contributed by atoms with Gasteiger partial charge in [-0.15, -0.1) is 0 Å².